The summed E-state index contributed by atoms with van der Waals surface area (Å²) in [6.45, 7) is 2.88. The molecule has 0 bridgehead atoms. The molecular formula is C23H27F2NO2. The molecule has 0 amide bonds. The summed E-state index contributed by atoms with van der Waals surface area (Å²) in [6.07, 6.45) is 3.54. The molecule has 1 fully saturated rings. The molecule has 1 aliphatic rings. The smallest absolute Gasteiger partial charge is 0.135 e. The van der Waals surface area contributed by atoms with Crippen LogP contribution in [0.25, 0.3) is 0 Å². The van der Waals surface area contributed by atoms with Crippen molar-refractivity contribution in [3.8, 4) is 0 Å². The van der Waals surface area contributed by atoms with Crippen LogP contribution >= 0.6 is 0 Å². The highest BCUT2D eigenvalue weighted by molar-refractivity contribution is 5.78. The molecule has 1 atom stereocenters. The zero-order chi connectivity index (χ0) is 20.1. The maximum atomic E-state index is 13.7. The molecule has 0 aliphatic carbocycles. The van der Waals surface area contributed by atoms with Crippen molar-refractivity contribution in [2.24, 2.45) is 5.92 Å². The lowest BCUT2D eigenvalue weighted by Gasteiger charge is -2.48. The molecule has 28 heavy (non-hydrogen) atoms. The first-order valence-electron chi connectivity index (χ1n) is 9.86. The SMILES string of the molecule is CC(=O)C(CO)CC(c1ccc(F)cc1)(c1ccc(F)cc1)N1CCCCC1. The van der Waals surface area contributed by atoms with E-state index in [-0.39, 0.29) is 24.0 Å². The summed E-state index contributed by atoms with van der Waals surface area (Å²) in [6, 6.07) is 12.6. The topological polar surface area (TPSA) is 40.5 Å². The van der Waals surface area contributed by atoms with E-state index in [1.165, 1.54) is 31.2 Å². The van der Waals surface area contributed by atoms with Crippen LogP contribution < -0.4 is 0 Å². The number of likely N-dealkylation sites (tertiary alicyclic amines) is 1. The number of aliphatic hydroxyl groups is 1. The second-order valence-electron chi connectivity index (χ2n) is 7.62. The minimum atomic E-state index is -0.735. The van der Waals surface area contributed by atoms with Gasteiger partial charge in [0.25, 0.3) is 0 Å². The molecule has 2 aromatic carbocycles. The Morgan fingerprint density at radius 1 is 0.964 bits per heavy atom. The van der Waals surface area contributed by atoms with Crippen molar-refractivity contribution in [1.82, 2.24) is 4.90 Å². The van der Waals surface area contributed by atoms with Crippen LogP contribution in [0.5, 0.6) is 0 Å². The van der Waals surface area contributed by atoms with E-state index in [1.807, 2.05) is 0 Å². The van der Waals surface area contributed by atoms with Crippen molar-refractivity contribution in [2.75, 3.05) is 19.7 Å². The van der Waals surface area contributed by atoms with Crippen LogP contribution in [0.1, 0.15) is 43.7 Å². The normalized spacial score (nSPS) is 16.7. The fourth-order valence-corrected chi connectivity index (χ4v) is 4.32. The first kappa shape index (κ1) is 20.6. The van der Waals surface area contributed by atoms with Gasteiger partial charge in [0, 0.05) is 5.92 Å². The van der Waals surface area contributed by atoms with E-state index in [1.54, 1.807) is 24.3 Å². The van der Waals surface area contributed by atoms with Crippen molar-refractivity contribution in [2.45, 2.75) is 38.1 Å². The Hall–Kier alpha value is -2.11. The lowest BCUT2D eigenvalue weighted by Crippen LogP contribution is -2.51. The first-order chi connectivity index (χ1) is 13.5. The lowest BCUT2D eigenvalue weighted by atomic mass is 9.73. The van der Waals surface area contributed by atoms with Gasteiger partial charge in [-0.15, -0.1) is 0 Å². The van der Waals surface area contributed by atoms with Crippen molar-refractivity contribution < 1.29 is 18.7 Å². The van der Waals surface area contributed by atoms with Crippen molar-refractivity contribution in [1.29, 1.82) is 0 Å². The number of carbonyl (C=O) groups excluding carboxylic acids is 1. The average molecular weight is 387 g/mol. The van der Waals surface area contributed by atoms with Crippen LogP contribution in [0, 0.1) is 17.6 Å². The number of aliphatic hydroxyl groups excluding tert-OH is 1. The van der Waals surface area contributed by atoms with E-state index in [4.69, 9.17) is 0 Å². The van der Waals surface area contributed by atoms with Crippen LogP contribution in [0.2, 0.25) is 0 Å². The number of benzene rings is 2. The summed E-state index contributed by atoms with van der Waals surface area (Å²) >= 11 is 0. The van der Waals surface area contributed by atoms with E-state index < -0.39 is 11.5 Å². The largest absolute Gasteiger partial charge is 0.396 e. The molecule has 1 N–H and O–H groups in total. The molecule has 3 rings (SSSR count). The van der Waals surface area contributed by atoms with Gasteiger partial charge < -0.3 is 5.11 Å². The second-order valence-corrected chi connectivity index (χ2v) is 7.62. The number of ketones is 1. The van der Waals surface area contributed by atoms with Crippen LogP contribution in [-0.4, -0.2) is 35.5 Å². The minimum absolute atomic E-state index is 0.0897. The summed E-state index contributed by atoms with van der Waals surface area (Å²) in [5.41, 5.74) is 0.963. The number of hydrogen-bond donors (Lipinski definition) is 1. The van der Waals surface area contributed by atoms with Gasteiger partial charge in [-0.1, -0.05) is 30.7 Å². The van der Waals surface area contributed by atoms with E-state index in [2.05, 4.69) is 4.90 Å². The summed E-state index contributed by atoms with van der Waals surface area (Å²) in [5.74, 6) is -1.31. The molecule has 0 spiro atoms. The first-order valence-corrected chi connectivity index (χ1v) is 9.86. The standard InChI is InChI=1S/C23H27F2NO2/c1-17(28)18(16-27)15-23(26-13-3-2-4-14-26,19-5-9-21(24)10-6-19)20-7-11-22(25)12-8-20/h5-12,18,27H,2-4,13-16H2,1H3. The average Bonchev–Trinajstić information content (AvgIpc) is 2.71. The number of rotatable bonds is 7. The fourth-order valence-electron chi connectivity index (χ4n) is 4.32. The van der Waals surface area contributed by atoms with Gasteiger partial charge in [-0.2, -0.15) is 0 Å². The molecule has 1 saturated heterocycles. The Morgan fingerprint density at radius 2 is 1.43 bits per heavy atom. The Balaban J connectivity index is 2.21. The molecule has 0 radical (unpaired) electrons. The number of carbonyl (C=O) groups is 1. The lowest BCUT2D eigenvalue weighted by molar-refractivity contribution is -0.123. The maximum absolute atomic E-state index is 13.7. The van der Waals surface area contributed by atoms with Crippen molar-refractivity contribution >= 4 is 5.78 Å². The van der Waals surface area contributed by atoms with E-state index in [0.29, 0.717) is 6.42 Å². The van der Waals surface area contributed by atoms with Gasteiger partial charge in [-0.3, -0.25) is 9.69 Å². The van der Waals surface area contributed by atoms with E-state index in [9.17, 15) is 18.7 Å². The predicted octanol–water partition coefficient (Wildman–Crippen LogP) is 4.28. The van der Waals surface area contributed by atoms with Crippen LogP contribution in [0.15, 0.2) is 48.5 Å². The monoisotopic (exact) mass is 387 g/mol. The van der Waals surface area contributed by atoms with Gasteiger partial charge in [0.1, 0.15) is 17.4 Å². The van der Waals surface area contributed by atoms with Gasteiger partial charge in [0.05, 0.1) is 12.1 Å². The molecule has 1 heterocycles. The zero-order valence-corrected chi connectivity index (χ0v) is 16.2. The third-order valence-electron chi connectivity index (χ3n) is 5.88. The molecular weight excluding hydrogens is 360 g/mol. The number of halogens is 2. The minimum Gasteiger partial charge on any atom is -0.396 e. The third-order valence-corrected chi connectivity index (χ3v) is 5.88. The van der Waals surface area contributed by atoms with Crippen molar-refractivity contribution in [3.63, 3.8) is 0 Å². The van der Waals surface area contributed by atoms with Crippen LogP contribution in [-0.2, 0) is 10.3 Å². The highest BCUT2D eigenvalue weighted by Crippen LogP contribution is 2.43. The Labute approximate surface area is 165 Å². The number of piperidine rings is 1. The molecule has 1 aliphatic heterocycles. The molecule has 0 aromatic heterocycles. The number of Topliss-reactive ketones (excluding diaryl/α,β-unsaturated/α-hetero) is 1. The van der Waals surface area contributed by atoms with Gasteiger partial charge >= 0.3 is 0 Å². The number of hydrogen-bond acceptors (Lipinski definition) is 3. The molecule has 0 saturated carbocycles. The Kier molecular flexibility index (Phi) is 6.57. The summed E-state index contributed by atoms with van der Waals surface area (Å²) in [7, 11) is 0. The van der Waals surface area contributed by atoms with Gasteiger partial charge in [0.2, 0.25) is 0 Å². The molecule has 150 valence electrons. The zero-order valence-electron chi connectivity index (χ0n) is 16.2. The second kappa shape index (κ2) is 8.93. The third kappa shape index (κ3) is 4.15. The number of nitrogens with zero attached hydrogens (tertiary/aromatic N) is 1. The molecule has 1 unspecified atom stereocenters. The van der Waals surface area contributed by atoms with Gasteiger partial charge in [-0.05, 0) is 74.7 Å². The maximum Gasteiger partial charge on any atom is 0.135 e. The van der Waals surface area contributed by atoms with Crippen LogP contribution in [0.4, 0.5) is 8.78 Å². The Morgan fingerprint density at radius 3 is 1.82 bits per heavy atom. The Bertz CT molecular complexity index is 738. The highest BCUT2D eigenvalue weighted by atomic mass is 19.1. The summed E-state index contributed by atoms with van der Waals surface area (Å²) in [4.78, 5) is 14.5. The predicted molar refractivity (Wildman–Crippen MR) is 105 cm³/mol. The van der Waals surface area contributed by atoms with Gasteiger partial charge in [-0.25, -0.2) is 8.78 Å². The molecule has 5 heteroatoms. The fraction of sp³-hybridized carbons (Fsp3) is 0.435. The summed E-state index contributed by atoms with van der Waals surface area (Å²) in [5, 5.41) is 9.88. The molecule has 3 nitrogen and oxygen atoms in total. The van der Waals surface area contributed by atoms with Crippen molar-refractivity contribution in [3.05, 3.63) is 71.3 Å². The summed E-state index contributed by atoms with van der Waals surface area (Å²) < 4.78 is 27.3. The van der Waals surface area contributed by atoms with E-state index in [0.717, 1.165) is 43.5 Å². The van der Waals surface area contributed by atoms with Crippen LogP contribution in [0.3, 0.4) is 0 Å². The van der Waals surface area contributed by atoms with E-state index >= 15 is 0 Å². The highest BCUT2D eigenvalue weighted by Gasteiger charge is 2.43. The quantitative estimate of drug-likeness (QED) is 0.771. The van der Waals surface area contributed by atoms with Gasteiger partial charge in [0.15, 0.2) is 0 Å². The molecule has 2 aromatic rings.